The summed E-state index contributed by atoms with van der Waals surface area (Å²) in [5, 5.41) is 13.9. The lowest BCUT2D eigenvalue weighted by atomic mass is 10.4. The van der Waals surface area contributed by atoms with Gasteiger partial charge in [0, 0.05) is 11.9 Å². The van der Waals surface area contributed by atoms with Crippen molar-refractivity contribution in [2.75, 3.05) is 6.61 Å². The summed E-state index contributed by atoms with van der Waals surface area (Å²) >= 11 is 1.29. The molecular formula is C4H11NOS. The van der Waals surface area contributed by atoms with E-state index in [0.717, 1.165) is 6.42 Å². The van der Waals surface area contributed by atoms with E-state index < -0.39 is 0 Å². The van der Waals surface area contributed by atoms with E-state index in [0.29, 0.717) is 5.25 Å². The lowest BCUT2D eigenvalue weighted by Crippen LogP contribution is -2.01. The SMILES string of the molecule is CC(CCO)SN. The molecule has 0 aromatic heterocycles. The lowest BCUT2D eigenvalue weighted by molar-refractivity contribution is 0.289. The number of hydrogen-bond donors (Lipinski definition) is 2. The van der Waals surface area contributed by atoms with E-state index >= 15 is 0 Å². The summed E-state index contributed by atoms with van der Waals surface area (Å²) in [7, 11) is 0. The fraction of sp³-hybridized carbons (Fsp3) is 1.00. The molecule has 0 radical (unpaired) electrons. The third kappa shape index (κ3) is 4.12. The second kappa shape index (κ2) is 4.43. The largest absolute Gasteiger partial charge is 0.396 e. The van der Waals surface area contributed by atoms with Crippen molar-refractivity contribution in [2.24, 2.45) is 5.14 Å². The third-order valence-electron chi connectivity index (χ3n) is 0.768. The molecule has 1 atom stereocenters. The van der Waals surface area contributed by atoms with Crippen LogP contribution in [-0.2, 0) is 0 Å². The minimum absolute atomic E-state index is 0.241. The molecule has 0 saturated carbocycles. The van der Waals surface area contributed by atoms with Crippen molar-refractivity contribution in [3.63, 3.8) is 0 Å². The molecule has 3 heteroatoms. The Bertz CT molecular complexity index is 42.7. The average molecular weight is 121 g/mol. The Morgan fingerprint density at radius 1 is 1.86 bits per heavy atom. The molecule has 0 bridgehead atoms. The molecule has 7 heavy (non-hydrogen) atoms. The number of hydrogen-bond acceptors (Lipinski definition) is 3. The van der Waals surface area contributed by atoms with E-state index in [9.17, 15) is 0 Å². The van der Waals surface area contributed by atoms with Gasteiger partial charge in [-0.15, -0.1) is 0 Å². The molecule has 2 nitrogen and oxygen atoms in total. The smallest absolute Gasteiger partial charge is 0.0441 e. The van der Waals surface area contributed by atoms with Crippen LogP contribution in [0.5, 0.6) is 0 Å². The molecule has 3 N–H and O–H groups in total. The molecule has 0 spiro atoms. The lowest BCUT2D eigenvalue weighted by Gasteiger charge is -2.01. The zero-order valence-electron chi connectivity index (χ0n) is 4.42. The van der Waals surface area contributed by atoms with Gasteiger partial charge in [-0.3, -0.25) is 5.14 Å². The first kappa shape index (κ1) is 7.27. The highest BCUT2D eigenvalue weighted by Crippen LogP contribution is 2.03. The first-order valence-corrected chi connectivity index (χ1v) is 3.22. The van der Waals surface area contributed by atoms with Gasteiger partial charge >= 0.3 is 0 Å². The number of aliphatic hydroxyl groups excluding tert-OH is 1. The summed E-state index contributed by atoms with van der Waals surface area (Å²) in [6.07, 6.45) is 0.793. The molecule has 1 unspecified atom stereocenters. The molecule has 44 valence electrons. The van der Waals surface area contributed by atoms with Crippen molar-refractivity contribution < 1.29 is 5.11 Å². The topological polar surface area (TPSA) is 46.2 Å². The Morgan fingerprint density at radius 2 is 2.43 bits per heavy atom. The predicted octanol–water partition coefficient (Wildman–Crippen LogP) is 0.364. The van der Waals surface area contributed by atoms with E-state index in [4.69, 9.17) is 10.2 Å². The van der Waals surface area contributed by atoms with Crippen molar-refractivity contribution in [3.8, 4) is 0 Å². The molecule has 0 fully saturated rings. The molecule has 0 aliphatic carbocycles. The van der Waals surface area contributed by atoms with Gasteiger partial charge in [0.25, 0.3) is 0 Å². The van der Waals surface area contributed by atoms with Crippen LogP contribution in [0, 0.1) is 0 Å². The average Bonchev–Trinajstić information content (AvgIpc) is 1.68. The summed E-state index contributed by atoms with van der Waals surface area (Å²) in [6.45, 7) is 2.23. The molecular weight excluding hydrogens is 110 g/mol. The van der Waals surface area contributed by atoms with Crippen LogP contribution in [0.25, 0.3) is 0 Å². The molecule has 0 aromatic carbocycles. The van der Waals surface area contributed by atoms with Gasteiger partial charge in [0.2, 0.25) is 0 Å². The van der Waals surface area contributed by atoms with Gasteiger partial charge in [0.05, 0.1) is 0 Å². The molecule has 0 saturated heterocycles. The van der Waals surface area contributed by atoms with Crippen LogP contribution in [-0.4, -0.2) is 17.0 Å². The van der Waals surface area contributed by atoms with Crippen molar-refractivity contribution in [1.82, 2.24) is 0 Å². The maximum Gasteiger partial charge on any atom is 0.0441 e. The Labute approximate surface area is 48.2 Å². The van der Waals surface area contributed by atoms with Gasteiger partial charge in [-0.2, -0.15) is 0 Å². The minimum Gasteiger partial charge on any atom is -0.396 e. The van der Waals surface area contributed by atoms with E-state index in [-0.39, 0.29) is 6.61 Å². The Morgan fingerprint density at radius 3 is 2.57 bits per heavy atom. The Kier molecular flexibility index (Phi) is 4.60. The van der Waals surface area contributed by atoms with E-state index in [1.54, 1.807) is 0 Å². The second-order valence-corrected chi connectivity index (χ2v) is 2.54. The predicted molar refractivity (Wildman–Crippen MR) is 32.9 cm³/mol. The summed E-state index contributed by atoms with van der Waals surface area (Å²) in [4.78, 5) is 0. The van der Waals surface area contributed by atoms with Crippen LogP contribution in [0.3, 0.4) is 0 Å². The third-order valence-corrected chi connectivity index (χ3v) is 1.47. The van der Waals surface area contributed by atoms with Crippen molar-refractivity contribution in [3.05, 3.63) is 0 Å². The second-order valence-electron chi connectivity index (χ2n) is 1.46. The van der Waals surface area contributed by atoms with Crippen LogP contribution in [0.15, 0.2) is 0 Å². The maximum absolute atomic E-state index is 8.30. The van der Waals surface area contributed by atoms with Gasteiger partial charge in [0.15, 0.2) is 0 Å². The van der Waals surface area contributed by atoms with Gasteiger partial charge in [-0.05, 0) is 6.42 Å². The fourth-order valence-electron chi connectivity index (χ4n) is 0.250. The highest BCUT2D eigenvalue weighted by molar-refractivity contribution is 7.97. The quantitative estimate of drug-likeness (QED) is 0.530. The number of nitrogens with two attached hydrogens (primary N) is 1. The van der Waals surface area contributed by atoms with Crippen LogP contribution < -0.4 is 5.14 Å². The van der Waals surface area contributed by atoms with E-state index in [1.165, 1.54) is 11.9 Å². The summed E-state index contributed by atoms with van der Waals surface area (Å²) < 4.78 is 0. The summed E-state index contributed by atoms with van der Waals surface area (Å²) in [5.74, 6) is 0. The normalized spacial score (nSPS) is 14.1. The van der Waals surface area contributed by atoms with Gasteiger partial charge in [-0.25, -0.2) is 0 Å². The van der Waals surface area contributed by atoms with Gasteiger partial charge in [-0.1, -0.05) is 18.9 Å². The maximum atomic E-state index is 8.30. The standard InChI is InChI=1S/C4H11NOS/c1-4(7-5)2-3-6/h4,6H,2-3,5H2,1H3. The van der Waals surface area contributed by atoms with Gasteiger partial charge in [0.1, 0.15) is 0 Å². The van der Waals surface area contributed by atoms with Crippen LogP contribution in [0.1, 0.15) is 13.3 Å². The van der Waals surface area contributed by atoms with E-state index in [2.05, 4.69) is 0 Å². The van der Waals surface area contributed by atoms with Crippen molar-refractivity contribution in [2.45, 2.75) is 18.6 Å². The van der Waals surface area contributed by atoms with Gasteiger partial charge < -0.3 is 5.11 Å². The van der Waals surface area contributed by atoms with Crippen molar-refractivity contribution in [1.29, 1.82) is 0 Å². The molecule has 0 aliphatic heterocycles. The first-order chi connectivity index (χ1) is 3.31. The van der Waals surface area contributed by atoms with E-state index in [1.807, 2.05) is 6.92 Å². The number of rotatable bonds is 3. The van der Waals surface area contributed by atoms with Crippen LogP contribution in [0.2, 0.25) is 0 Å². The fourth-order valence-corrected chi connectivity index (χ4v) is 0.491. The zero-order valence-corrected chi connectivity index (χ0v) is 5.24. The highest BCUT2D eigenvalue weighted by Gasteiger charge is 1.94. The monoisotopic (exact) mass is 121 g/mol. The first-order valence-electron chi connectivity index (χ1n) is 2.27. The van der Waals surface area contributed by atoms with Crippen molar-refractivity contribution >= 4 is 11.9 Å². The highest BCUT2D eigenvalue weighted by atomic mass is 32.2. The molecule has 0 heterocycles. The molecule has 0 amide bonds. The van der Waals surface area contributed by atoms with Crippen LogP contribution in [0.4, 0.5) is 0 Å². The molecule has 0 aliphatic rings. The molecule has 0 aromatic rings. The summed E-state index contributed by atoms with van der Waals surface area (Å²) in [6, 6.07) is 0. The molecule has 0 rings (SSSR count). The number of aliphatic hydroxyl groups is 1. The Hall–Kier alpha value is 0.270. The summed E-state index contributed by atoms with van der Waals surface area (Å²) in [5.41, 5.74) is 0. The Balaban J connectivity index is 2.83. The zero-order chi connectivity index (χ0) is 5.70. The van der Waals surface area contributed by atoms with Crippen LogP contribution >= 0.6 is 11.9 Å². The minimum atomic E-state index is 0.241.